The number of carbonyl (C=O) groups is 3. The molecule has 1 aliphatic carbocycles. The van der Waals surface area contributed by atoms with Gasteiger partial charge in [-0.05, 0) is 42.7 Å². The maximum Gasteiger partial charge on any atom is 0.326 e. The number of ether oxygens (including phenoxy) is 2. The fourth-order valence-electron chi connectivity index (χ4n) is 4.74. The SMILES string of the molecule is CC1CC(C)(C)CC2(C1)NC(=O)N(CC(=O)OCCOc1c(Cl)cccc1Cl)C2=O. The number of carbonyl (C=O) groups excluding carboxylic acids is 3. The zero-order chi connectivity index (χ0) is 22.1. The van der Waals surface area contributed by atoms with Crippen molar-refractivity contribution in [1.29, 1.82) is 0 Å². The van der Waals surface area contributed by atoms with Gasteiger partial charge in [-0.3, -0.25) is 14.5 Å². The van der Waals surface area contributed by atoms with Gasteiger partial charge in [0.2, 0.25) is 0 Å². The number of benzene rings is 1. The molecule has 1 saturated heterocycles. The van der Waals surface area contributed by atoms with Crippen LogP contribution in [0.4, 0.5) is 4.79 Å². The molecule has 2 atom stereocenters. The highest BCUT2D eigenvalue weighted by atomic mass is 35.5. The average Bonchev–Trinajstić information content (AvgIpc) is 2.82. The maximum absolute atomic E-state index is 13.0. The van der Waals surface area contributed by atoms with Gasteiger partial charge in [0.1, 0.15) is 25.3 Å². The Labute approximate surface area is 186 Å². The Morgan fingerprint density at radius 2 is 1.87 bits per heavy atom. The second-order valence-corrected chi connectivity index (χ2v) is 9.69. The van der Waals surface area contributed by atoms with E-state index in [-0.39, 0.29) is 24.5 Å². The van der Waals surface area contributed by atoms with Gasteiger partial charge in [-0.2, -0.15) is 0 Å². The van der Waals surface area contributed by atoms with E-state index < -0.39 is 24.1 Å². The first-order valence-electron chi connectivity index (χ1n) is 9.90. The first-order valence-corrected chi connectivity index (χ1v) is 10.7. The standard InChI is InChI=1S/C21H26Cl2N2O5/c1-13-9-20(2,3)12-21(10-13)18(27)25(19(28)24-21)11-16(26)29-7-8-30-17-14(22)5-4-6-15(17)23/h4-6,13H,7-12H2,1-3H3,(H,24,28). The third kappa shape index (κ3) is 4.83. The number of nitrogens with one attached hydrogen (secondary N) is 1. The molecule has 2 fully saturated rings. The normalized spacial score (nSPS) is 25.4. The molecule has 0 radical (unpaired) electrons. The second-order valence-electron chi connectivity index (χ2n) is 8.88. The zero-order valence-electron chi connectivity index (χ0n) is 17.3. The molecule has 1 aromatic carbocycles. The van der Waals surface area contributed by atoms with Crippen LogP contribution in [0.25, 0.3) is 0 Å². The molecule has 1 aliphatic heterocycles. The molecule has 9 heteroatoms. The molecule has 2 unspecified atom stereocenters. The number of urea groups is 1. The van der Waals surface area contributed by atoms with E-state index in [0.29, 0.717) is 34.6 Å². The smallest absolute Gasteiger partial charge is 0.326 e. The summed E-state index contributed by atoms with van der Waals surface area (Å²) in [7, 11) is 0. The lowest BCUT2D eigenvalue weighted by molar-refractivity contribution is -0.149. The van der Waals surface area contributed by atoms with Gasteiger partial charge in [0, 0.05) is 0 Å². The van der Waals surface area contributed by atoms with Crippen molar-refractivity contribution in [3.05, 3.63) is 28.2 Å². The summed E-state index contributed by atoms with van der Waals surface area (Å²) < 4.78 is 10.6. The third-order valence-electron chi connectivity index (χ3n) is 5.42. The molecule has 3 amide bonds. The summed E-state index contributed by atoms with van der Waals surface area (Å²) >= 11 is 12.0. The van der Waals surface area contributed by atoms with E-state index in [2.05, 4.69) is 26.1 Å². The van der Waals surface area contributed by atoms with E-state index in [0.717, 1.165) is 11.3 Å². The van der Waals surface area contributed by atoms with Crippen LogP contribution in [0.5, 0.6) is 5.75 Å². The highest BCUT2D eigenvalue weighted by Gasteiger charge is 2.56. The van der Waals surface area contributed by atoms with E-state index >= 15 is 0 Å². The van der Waals surface area contributed by atoms with Gasteiger partial charge >= 0.3 is 12.0 Å². The molecule has 1 saturated carbocycles. The number of hydrogen-bond donors (Lipinski definition) is 1. The second kappa shape index (κ2) is 8.63. The largest absolute Gasteiger partial charge is 0.487 e. The van der Waals surface area contributed by atoms with Gasteiger partial charge in [0.05, 0.1) is 10.0 Å². The van der Waals surface area contributed by atoms with Gasteiger partial charge in [0.25, 0.3) is 5.91 Å². The van der Waals surface area contributed by atoms with Crippen molar-refractivity contribution < 1.29 is 23.9 Å². The van der Waals surface area contributed by atoms with Crippen molar-refractivity contribution in [2.75, 3.05) is 19.8 Å². The first kappa shape index (κ1) is 22.7. The predicted molar refractivity (Wildman–Crippen MR) is 113 cm³/mol. The van der Waals surface area contributed by atoms with Crippen LogP contribution in [0.15, 0.2) is 18.2 Å². The molecule has 30 heavy (non-hydrogen) atoms. The molecule has 7 nitrogen and oxygen atoms in total. The Morgan fingerprint density at radius 1 is 1.20 bits per heavy atom. The molecule has 3 rings (SSSR count). The molecule has 2 aliphatic rings. The van der Waals surface area contributed by atoms with Gasteiger partial charge in [-0.15, -0.1) is 0 Å². The molecule has 0 aromatic heterocycles. The van der Waals surface area contributed by atoms with E-state index in [1.54, 1.807) is 18.2 Å². The zero-order valence-corrected chi connectivity index (χ0v) is 18.8. The lowest BCUT2D eigenvalue weighted by Crippen LogP contribution is -2.54. The Kier molecular flexibility index (Phi) is 6.53. The van der Waals surface area contributed by atoms with Crippen molar-refractivity contribution in [3.8, 4) is 5.75 Å². The Hall–Kier alpha value is -1.99. The Bertz CT molecular complexity index is 840. The number of hydrogen-bond acceptors (Lipinski definition) is 5. The van der Waals surface area contributed by atoms with Crippen LogP contribution >= 0.6 is 23.2 Å². The molecular formula is C21H26Cl2N2O5. The fraction of sp³-hybridized carbons (Fsp3) is 0.571. The summed E-state index contributed by atoms with van der Waals surface area (Å²) in [4.78, 5) is 38.6. The van der Waals surface area contributed by atoms with Gasteiger partial charge in [-0.25, -0.2) is 4.79 Å². The summed E-state index contributed by atoms with van der Waals surface area (Å²) in [6.07, 6.45) is 2.10. The van der Waals surface area contributed by atoms with E-state index in [4.69, 9.17) is 32.7 Å². The number of rotatable bonds is 6. The van der Waals surface area contributed by atoms with Crippen molar-refractivity contribution in [2.45, 2.75) is 45.6 Å². The quantitative estimate of drug-likeness (QED) is 0.396. The van der Waals surface area contributed by atoms with Crippen molar-refractivity contribution in [2.24, 2.45) is 11.3 Å². The molecular weight excluding hydrogens is 431 g/mol. The summed E-state index contributed by atoms with van der Waals surface area (Å²) in [5.41, 5.74) is -1.02. The topological polar surface area (TPSA) is 84.9 Å². The van der Waals surface area contributed by atoms with E-state index in [1.807, 2.05) is 0 Å². The van der Waals surface area contributed by atoms with Crippen molar-refractivity contribution in [1.82, 2.24) is 10.2 Å². The maximum atomic E-state index is 13.0. The molecule has 0 bridgehead atoms. The fourth-order valence-corrected chi connectivity index (χ4v) is 5.25. The number of esters is 1. The van der Waals surface area contributed by atoms with Crippen LogP contribution < -0.4 is 10.1 Å². The minimum atomic E-state index is -0.942. The average molecular weight is 457 g/mol. The molecule has 164 valence electrons. The van der Waals surface area contributed by atoms with E-state index in [9.17, 15) is 14.4 Å². The van der Waals surface area contributed by atoms with Gasteiger partial charge in [0.15, 0.2) is 5.75 Å². The molecule has 1 N–H and O–H groups in total. The van der Waals surface area contributed by atoms with Gasteiger partial charge in [-0.1, -0.05) is 50.0 Å². The predicted octanol–water partition coefficient (Wildman–Crippen LogP) is 4.05. The highest BCUT2D eigenvalue weighted by molar-refractivity contribution is 6.37. The minimum Gasteiger partial charge on any atom is -0.487 e. The molecule has 1 heterocycles. The van der Waals surface area contributed by atoms with Crippen molar-refractivity contribution >= 4 is 41.1 Å². The number of amides is 3. The summed E-state index contributed by atoms with van der Waals surface area (Å²) in [5, 5.41) is 3.54. The summed E-state index contributed by atoms with van der Waals surface area (Å²) in [5.74, 6) is -0.448. The van der Waals surface area contributed by atoms with Crippen LogP contribution in [0.2, 0.25) is 10.0 Å². The monoisotopic (exact) mass is 456 g/mol. The van der Waals surface area contributed by atoms with Gasteiger partial charge < -0.3 is 14.8 Å². The number of nitrogens with zero attached hydrogens (tertiary/aromatic N) is 1. The lowest BCUT2D eigenvalue weighted by atomic mass is 9.64. The number of halogens is 2. The third-order valence-corrected chi connectivity index (χ3v) is 6.02. The molecule has 1 aromatic rings. The Morgan fingerprint density at radius 3 is 2.50 bits per heavy atom. The van der Waals surface area contributed by atoms with Crippen molar-refractivity contribution in [3.63, 3.8) is 0 Å². The van der Waals surface area contributed by atoms with Crippen LogP contribution in [-0.4, -0.2) is 48.1 Å². The van der Waals surface area contributed by atoms with Crippen LogP contribution in [-0.2, 0) is 14.3 Å². The lowest BCUT2D eigenvalue weighted by Gasteiger charge is -2.43. The Balaban J connectivity index is 1.53. The molecule has 1 spiro atoms. The summed E-state index contributed by atoms with van der Waals surface area (Å²) in [6, 6.07) is 4.41. The van der Waals surface area contributed by atoms with Crippen LogP contribution in [0.3, 0.4) is 0 Å². The summed E-state index contributed by atoms with van der Waals surface area (Å²) in [6.45, 7) is 5.78. The van der Waals surface area contributed by atoms with Crippen LogP contribution in [0.1, 0.15) is 40.0 Å². The van der Waals surface area contributed by atoms with Crippen LogP contribution in [0, 0.1) is 11.3 Å². The number of imide groups is 1. The van der Waals surface area contributed by atoms with E-state index in [1.165, 1.54) is 0 Å². The first-order chi connectivity index (χ1) is 14.0. The highest BCUT2D eigenvalue weighted by Crippen LogP contribution is 2.46. The number of para-hydroxylation sites is 1. The minimum absolute atomic E-state index is 0.0327.